The monoisotopic (exact) mass is 457 g/mol. The first kappa shape index (κ1) is 23.3. The summed E-state index contributed by atoms with van der Waals surface area (Å²) in [7, 11) is 2.16. The Hall–Kier alpha value is -2.84. The summed E-state index contributed by atoms with van der Waals surface area (Å²) in [4.78, 5) is 2.36. The zero-order valence-electron chi connectivity index (χ0n) is 20.2. The zero-order valence-corrected chi connectivity index (χ0v) is 20.9. The van der Waals surface area contributed by atoms with Gasteiger partial charge < -0.3 is 4.90 Å². The van der Waals surface area contributed by atoms with Gasteiger partial charge in [-0.2, -0.15) is 4.58 Å². The van der Waals surface area contributed by atoms with Crippen LogP contribution in [0.2, 0.25) is 0 Å². The molecule has 0 aromatic heterocycles. The van der Waals surface area contributed by atoms with Gasteiger partial charge in [0.05, 0.1) is 5.41 Å². The van der Waals surface area contributed by atoms with E-state index in [4.69, 9.17) is 11.6 Å². The number of alkyl halides is 1. The van der Waals surface area contributed by atoms with Gasteiger partial charge in [0, 0.05) is 48.3 Å². The van der Waals surface area contributed by atoms with Gasteiger partial charge in [-0.3, -0.25) is 0 Å². The summed E-state index contributed by atoms with van der Waals surface area (Å²) in [6.07, 6.45) is 6.51. The van der Waals surface area contributed by atoms with E-state index in [0.717, 1.165) is 13.1 Å². The van der Waals surface area contributed by atoms with E-state index in [1.807, 2.05) is 6.08 Å². The van der Waals surface area contributed by atoms with Crippen molar-refractivity contribution in [1.29, 1.82) is 0 Å². The molecule has 1 heterocycles. The number of allylic oxidation sites excluding steroid dienone is 2. The average molecular weight is 458 g/mol. The minimum Gasteiger partial charge on any atom is -0.372 e. The third-order valence-electron chi connectivity index (χ3n) is 7.33. The van der Waals surface area contributed by atoms with Crippen molar-refractivity contribution in [3.05, 3.63) is 90.5 Å². The Morgan fingerprint density at radius 1 is 1.00 bits per heavy atom. The molecular formula is C30H34ClN2+. The lowest BCUT2D eigenvalue weighted by molar-refractivity contribution is -0.401. The summed E-state index contributed by atoms with van der Waals surface area (Å²) in [5, 5.41) is 2.54. The number of benzene rings is 3. The molecule has 2 atom stereocenters. The van der Waals surface area contributed by atoms with Gasteiger partial charge in [0.1, 0.15) is 7.05 Å². The Morgan fingerprint density at radius 3 is 2.33 bits per heavy atom. The second kappa shape index (κ2) is 9.57. The normalized spacial score (nSPS) is 18.7. The molecule has 170 valence electrons. The molecule has 3 aromatic carbocycles. The molecule has 0 spiro atoms. The molecule has 1 aliphatic heterocycles. The van der Waals surface area contributed by atoms with E-state index in [2.05, 4.69) is 117 Å². The smallest absolute Gasteiger partial charge is 0.210 e. The summed E-state index contributed by atoms with van der Waals surface area (Å²) >= 11 is 6.53. The Bertz CT molecular complexity index is 1220. The Balaban J connectivity index is 1.80. The predicted molar refractivity (Wildman–Crippen MR) is 146 cm³/mol. The van der Waals surface area contributed by atoms with Crippen molar-refractivity contribution >= 4 is 45.5 Å². The van der Waals surface area contributed by atoms with Gasteiger partial charge in [-0.05, 0) is 61.4 Å². The molecule has 2 unspecified atom stereocenters. The van der Waals surface area contributed by atoms with Crippen molar-refractivity contribution in [2.75, 3.05) is 30.9 Å². The van der Waals surface area contributed by atoms with Crippen LogP contribution in [-0.2, 0) is 5.41 Å². The lowest BCUT2D eigenvalue weighted by Gasteiger charge is -2.30. The van der Waals surface area contributed by atoms with Crippen molar-refractivity contribution in [1.82, 2.24) is 0 Å². The molecule has 4 rings (SSSR count). The third-order valence-corrected chi connectivity index (χ3v) is 7.66. The summed E-state index contributed by atoms with van der Waals surface area (Å²) in [5.41, 5.74) is 6.00. The van der Waals surface area contributed by atoms with Crippen LogP contribution in [0, 0.1) is 5.92 Å². The standard InChI is InChI=1S/C30H34ClN2/c1-6-24(21-31)30(4)28(20-15-22-13-17-25(18-14-22)33(7-2)8-3)32(5)27-19-16-23-11-9-10-12-26(23)29(27)30/h6,9-20,24H,1,7-8,21H2,2-5H3/q+1. The van der Waals surface area contributed by atoms with Crippen molar-refractivity contribution in [2.24, 2.45) is 5.92 Å². The maximum atomic E-state index is 6.53. The minimum atomic E-state index is -0.272. The van der Waals surface area contributed by atoms with Gasteiger partial charge in [0.15, 0.2) is 5.71 Å². The largest absolute Gasteiger partial charge is 0.372 e. The number of nitrogens with zero attached hydrogens (tertiary/aromatic N) is 2. The molecule has 0 aliphatic carbocycles. The number of hydrogen-bond acceptors (Lipinski definition) is 1. The van der Waals surface area contributed by atoms with E-state index < -0.39 is 0 Å². The first-order chi connectivity index (χ1) is 16.0. The highest BCUT2D eigenvalue weighted by atomic mass is 35.5. The van der Waals surface area contributed by atoms with Gasteiger partial charge >= 0.3 is 0 Å². The van der Waals surface area contributed by atoms with E-state index in [-0.39, 0.29) is 11.3 Å². The molecule has 0 amide bonds. The molecule has 0 N–H and O–H groups in total. The zero-order chi connectivity index (χ0) is 23.6. The fraction of sp³-hybridized carbons (Fsp3) is 0.300. The summed E-state index contributed by atoms with van der Waals surface area (Å²) < 4.78 is 2.32. The summed E-state index contributed by atoms with van der Waals surface area (Å²) in [6, 6.07) is 21.9. The Kier molecular flexibility index (Phi) is 6.76. The Morgan fingerprint density at radius 2 is 1.70 bits per heavy atom. The van der Waals surface area contributed by atoms with Crippen molar-refractivity contribution in [3.8, 4) is 0 Å². The number of rotatable bonds is 8. The molecule has 33 heavy (non-hydrogen) atoms. The first-order valence-corrected chi connectivity index (χ1v) is 12.4. The van der Waals surface area contributed by atoms with E-state index in [9.17, 15) is 0 Å². The molecule has 0 saturated carbocycles. The fourth-order valence-corrected chi connectivity index (χ4v) is 5.80. The SMILES string of the molecule is C=CC(CCl)C1(C)C(C=Cc2ccc(N(CC)CC)cc2)=[N+](C)c2ccc3ccccc3c21. The maximum absolute atomic E-state index is 6.53. The van der Waals surface area contributed by atoms with Crippen LogP contribution in [0.25, 0.3) is 16.8 Å². The van der Waals surface area contributed by atoms with E-state index in [1.165, 1.54) is 39.0 Å². The first-order valence-electron chi connectivity index (χ1n) is 11.8. The van der Waals surface area contributed by atoms with Crippen LogP contribution in [0.4, 0.5) is 11.4 Å². The molecule has 0 saturated heterocycles. The van der Waals surface area contributed by atoms with Gasteiger partial charge in [0.2, 0.25) is 5.69 Å². The number of fused-ring (bicyclic) bond motifs is 3. The molecule has 3 heteroatoms. The van der Waals surface area contributed by atoms with Crippen LogP contribution in [0.5, 0.6) is 0 Å². The molecule has 0 bridgehead atoms. The number of halogens is 1. The highest BCUT2D eigenvalue weighted by Crippen LogP contribution is 2.48. The third kappa shape index (κ3) is 3.91. The average Bonchev–Trinajstić information content (AvgIpc) is 3.07. The molecule has 0 fully saturated rings. The topological polar surface area (TPSA) is 6.25 Å². The summed E-state index contributed by atoms with van der Waals surface area (Å²) in [6.45, 7) is 12.9. The van der Waals surface area contributed by atoms with Crippen molar-refractivity contribution in [3.63, 3.8) is 0 Å². The number of hydrogen-bond donors (Lipinski definition) is 0. The van der Waals surface area contributed by atoms with Gasteiger partial charge in [-0.15, -0.1) is 18.2 Å². The van der Waals surface area contributed by atoms with E-state index in [0.29, 0.717) is 5.88 Å². The lowest BCUT2D eigenvalue weighted by atomic mass is 9.68. The minimum absolute atomic E-state index is 0.110. The number of anilines is 1. The molecule has 1 aliphatic rings. The van der Waals surface area contributed by atoms with Gasteiger partial charge in [0.25, 0.3) is 0 Å². The van der Waals surface area contributed by atoms with Crippen molar-refractivity contribution in [2.45, 2.75) is 26.2 Å². The predicted octanol–water partition coefficient (Wildman–Crippen LogP) is 7.43. The molecule has 0 radical (unpaired) electrons. The van der Waals surface area contributed by atoms with Crippen LogP contribution < -0.4 is 4.90 Å². The highest BCUT2D eigenvalue weighted by molar-refractivity contribution is 6.19. The second-order valence-electron chi connectivity index (χ2n) is 8.92. The van der Waals surface area contributed by atoms with Crippen LogP contribution in [-0.4, -0.2) is 36.3 Å². The Labute approximate surface area is 203 Å². The quantitative estimate of drug-likeness (QED) is 0.193. The van der Waals surface area contributed by atoms with Gasteiger partial charge in [-0.25, -0.2) is 0 Å². The van der Waals surface area contributed by atoms with Crippen LogP contribution in [0.3, 0.4) is 0 Å². The van der Waals surface area contributed by atoms with Crippen LogP contribution in [0.15, 0.2) is 79.4 Å². The van der Waals surface area contributed by atoms with Crippen LogP contribution >= 0.6 is 11.6 Å². The van der Waals surface area contributed by atoms with Crippen molar-refractivity contribution < 1.29 is 4.58 Å². The van der Waals surface area contributed by atoms with E-state index in [1.54, 1.807) is 0 Å². The lowest BCUT2D eigenvalue weighted by Crippen LogP contribution is -2.39. The highest BCUT2D eigenvalue weighted by Gasteiger charge is 2.51. The summed E-state index contributed by atoms with van der Waals surface area (Å²) in [5.74, 6) is 0.630. The maximum Gasteiger partial charge on any atom is 0.210 e. The second-order valence-corrected chi connectivity index (χ2v) is 9.23. The molecule has 2 nitrogen and oxygen atoms in total. The fourth-order valence-electron chi connectivity index (χ4n) is 5.36. The molecular weight excluding hydrogens is 424 g/mol. The van der Waals surface area contributed by atoms with Gasteiger partial charge in [-0.1, -0.05) is 42.5 Å². The molecule has 3 aromatic rings. The van der Waals surface area contributed by atoms with Crippen LogP contribution in [0.1, 0.15) is 31.9 Å². The van der Waals surface area contributed by atoms with E-state index >= 15 is 0 Å².